The summed E-state index contributed by atoms with van der Waals surface area (Å²) in [6.07, 6.45) is 0. The van der Waals surface area contributed by atoms with E-state index in [1.165, 1.54) is 33.5 Å². The minimum Gasteiger partial charge on any atom is -0.493 e. The highest BCUT2D eigenvalue weighted by Crippen LogP contribution is 2.41. The summed E-state index contributed by atoms with van der Waals surface area (Å²) in [5.74, 6) is 1.26. The van der Waals surface area contributed by atoms with Gasteiger partial charge in [-0.05, 0) is 6.07 Å². The Morgan fingerprint density at radius 1 is 0.950 bits per heavy atom. The summed E-state index contributed by atoms with van der Waals surface area (Å²) in [6.45, 7) is 0. The van der Waals surface area contributed by atoms with Gasteiger partial charge in [-0.2, -0.15) is 9.37 Å². The summed E-state index contributed by atoms with van der Waals surface area (Å²) in [5, 5.41) is 0. The molecule has 106 valence electrons. The van der Waals surface area contributed by atoms with E-state index >= 15 is 0 Å². The number of ether oxygens (including phenoxy) is 4. The van der Waals surface area contributed by atoms with Crippen molar-refractivity contribution in [1.82, 2.24) is 4.98 Å². The molecule has 1 aromatic heterocycles. The van der Waals surface area contributed by atoms with Crippen molar-refractivity contribution in [3.05, 3.63) is 36.3 Å². The molecule has 0 bridgehead atoms. The molecule has 0 fully saturated rings. The number of hydrogen-bond donors (Lipinski definition) is 0. The molecular weight excluding hydrogens is 265 g/mol. The first kappa shape index (κ1) is 13.9. The van der Waals surface area contributed by atoms with Gasteiger partial charge in [-0.3, -0.25) is 0 Å². The third kappa shape index (κ3) is 2.90. The van der Waals surface area contributed by atoms with Crippen molar-refractivity contribution in [3.8, 4) is 28.9 Å². The molecule has 1 heterocycles. The van der Waals surface area contributed by atoms with Crippen molar-refractivity contribution >= 4 is 0 Å². The van der Waals surface area contributed by atoms with Gasteiger partial charge in [0.05, 0.1) is 21.3 Å². The Morgan fingerprint density at radius 2 is 1.60 bits per heavy atom. The molecule has 2 aromatic rings. The van der Waals surface area contributed by atoms with Crippen LogP contribution in [0.1, 0.15) is 0 Å². The van der Waals surface area contributed by atoms with Crippen LogP contribution in [-0.4, -0.2) is 26.3 Å². The fourth-order valence-corrected chi connectivity index (χ4v) is 1.68. The van der Waals surface area contributed by atoms with Gasteiger partial charge in [-0.1, -0.05) is 6.07 Å². The molecule has 0 spiro atoms. The molecule has 2 rings (SSSR count). The van der Waals surface area contributed by atoms with Crippen LogP contribution in [0, 0.1) is 5.95 Å². The number of halogens is 1. The number of aromatic nitrogens is 1. The number of methoxy groups -OCH3 is 3. The summed E-state index contributed by atoms with van der Waals surface area (Å²) in [7, 11) is 4.51. The second-order valence-corrected chi connectivity index (χ2v) is 3.76. The SMILES string of the molecule is COc1cc(Oc2cccc(F)n2)cc(OC)c1OC. The van der Waals surface area contributed by atoms with Gasteiger partial charge in [0.1, 0.15) is 5.75 Å². The van der Waals surface area contributed by atoms with Crippen molar-refractivity contribution in [2.45, 2.75) is 0 Å². The zero-order valence-electron chi connectivity index (χ0n) is 11.3. The minimum absolute atomic E-state index is 0.138. The molecule has 0 amide bonds. The molecule has 5 nitrogen and oxygen atoms in total. The van der Waals surface area contributed by atoms with Crippen LogP contribution in [0.4, 0.5) is 4.39 Å². The van der Waals surface area contributed by atoms with Crippen LogP contribution in [-0.2, 0) is 0 Å². The Morgan fingerprint density at radius 3 is 2.10 bits per heavy atom. The molecule has 0 radical (unpaired) electrons. The van der Waals surface area contributed by atoms with Gasteiger partial charge in [-0.15, -0.1) is 0 Å². The fourth-order valence-electron chi connectivity index (χ4n) is 1.68. The monoisotopic (exact) mass is 279 g/mol. The van der Waals surface area contributed by atoms with E-state index in [2.05, 4.69) is 4.98 Å². The highest BCUT2D eigenvalue weighted by Gasteiger charge is 2.14. The van der Waals surface area contributed by atoms with E-state index in [-0.39, 0.29) is 5.88 Å². The topological polar surface area (TPSA) is 49.8 Å². The van der Waals surface area contributed by atoms with Crippen molar-refractivity contribution in [2.75, 3.05) is 21.3 Å². The fraction of sp³-hybridized carbons (Fsp3) is 0.214. The average Bonchev–Trinajstić information content (AvgIpc) is 2.46. The molecule has 0 aliphatic heterocycles. The molecule has 0 saturated carbocycles. The molecule has 0 aliphatic rings. The molecular formula is C14H14FNO4. The van der Waals surface area contributed by atoms with Crippen molar-refractivity contribution < 1.29 is 23.3 Å². The lowest BCUT2D eigenvalue weighted by Gasteiger charge is -2.14. The van der Waals surface area contributed by atoms with Crippen LogP contribution in [0.25, 0.3) is 0 Å². The third-order valence-corrected chi connectivity index (χ3v) is 2.55. The standard InChI is InChI=1S/C14H14FNO4/c1-17-10-7-9(8-11(18-2)14(10)19-3)20-13-6-4-5-12(15)16-13/h4-8H,1-3H3. The minimum atomic E-state index is -0.616. The van der Waals surface area contributed by atoms with Crippen molar-refractivity contribution in [1.29, 1.82) is 0 Å². The Labute approximate surface area is 115 Å². The summed E-state index contributed by atoms with van der Waals surface area (Å²) in [6, 6.07) is 7.51. The molecule has 6 heteroatoms. The van der Waals surface area contributed by atoms with Crippen LogP contribution in [0.3, 0.4) is 0 Å². The highest BCUT2D eigenvalue weighted by molar-refractivity contribution is 5.56. The van der Waals surface area contributed by atoms with Crippen LogP contribution < -0.4 is 18.9 Å². The van der Waals surface area contributed by atoms with Crippen molar-refractivity contribution in [3.63, 3.8) is 0 Å². The van der Waals surface area contributed by atoms with E-state index < -0.39 is 5.95 Å². The maximum atomic E-state index is 13.0. The van der Waals surface area contributed by atoms with Crippen molar-refractivity contribution in [2.24, 2.45) is 0 Å². The number of pyridine rings is 1. The van der Waals surface area contributed by atoms with E-state index in [1.807, 2.05) is 0 Å². The highest BCUT2D eigenvalue weighted by atomic mass is 19.1. The van der Waals surface area contributed by atoms with E-state index in [4.69, 9.17) is 18.9 Å². The lowest BCUT2D eigenvalue weighted by molar-refractivity contribution is 0.320. The number of benzene rings is 1. The van der Waals surface area contributed by atoms with Gasteiger partial charge in [0.2, 0.25) is 17.6 Å². The summed E-state index contributed by atoms with van der Waals surface area (Å²) in [4.78, 5) is 3.62. The third-order valence-electron chi connectivity index (χ3n) is 2.55. The quantitative estimate of drug-likeness (QED) is 0.787. The number of nitrogens with zero attached hydrogens (tertiary/aromatic N) is 1. The van der Waals surface area contributed by atoms with Gasteiger partial charge in [0, 0.05) is 18.2 Å². The number of hydrogen-bond acceptors (Lipinski definition) is 5. The van der Waals surface area contributed by atoms with E-state index in [9.17, 15) is 4.39 Å². The zero-order valence-corrected chi connectivity index (χ0v) is 11.3. The van der Waals surface area contributed by atoms with Crippen LogP contribution in [0.15, 0.2) is 30.3 Å². The Hall–Kier alpha value is -2.50. The first-order valence-electron chi connectivity index (χ1n) is 5.78. The zero-order chi connectivity index (χ0) is 14.5. The average molecular weight is 279 g/mol. The predicted octanol–water partition coefficient (Wildman–Crippen LogP) is 3.04. The van der Waals surface area contributed by atoms with Gasteiger partial charge < -0.3 is 18.9 Å². The first-order valence-corrected chi connectivity index (χ1v) is 5.78. The molecule has 0 saturated heterocycles. The lowest BCUT2D eigenvalue weighted by atomic mass is 10.2. The maximum absolute atomic E-state index is 13.0. The molecule has 20 heavy (non-hydrogen) atoms. The normalized spacial score (nSPS) is 10.0. The summed E-state index contributed by atoms with van der Waals surface area (Å²) in [5.41, 5.74) is 0. The molecule has 1 aromatic carbocycles. The molecule has 0 atom stereocenters. The Balaban J connectivity index is 2.37. The van der Waals surface area contributed by atoms with Gasteiger partial charge in [0.15, 0.2) is 11.5 Å². The Kier molecular flexibility index (Phi) is 4.24. The van der Waals surface area contributed by atoms with E-state index in [0.717, 1.165) is 0 Å². The van der Waals surface area contributed by atoms with Gasteiger partial charge >= 0.3 is 0 Å². The molecule has 0 unspecified atom stereocenters. The second-order valence-electron chi connectivity index (χ2n) is 3.76. The Bertz CT molecular complexity index is 578. The smallest absolute Gasteiger partial charge is 0.221 e. The van der Waals surface area contributed by atoms with Gasteiger partial charge in [-0.25, -0.2) is 0 Å². The number of rotatable bonds is 5. The second kappa shape index (κ2) is 6.10. The van der Waals surface area contributed by atoms with Gasteiger partial charge in [0.25, 0.3) is 0 Å². The first-order chi connectivity index (χ1) is 9.67. The van der Waals surface area contributed by atoms with Crippen LogP contribution in [0.2, 0.25) is 0 Å². The maximum Gasteiger partial charge on any atom is 0.221 e. The summed E-state index contributed by atoms with van der Waals surface area (Å²) < 4.78 is 34.1. The van der Waals surface area contributed by atoms with E-state index in [1.54, 1.807) is 18.2 Å². The predicted molar refractivity (Wildman–Crippen MR) is 70.4 cm³/mol. The van der Waals surface area contributed by atoms with Crippen LogP contribution >= 0.6 is 0 Å². The molecule has 0 aliphatic carbocycles. The lowest BCUT2D eigenvalue weighted by Crippen LogP contribution is -1.96. The molecule has 0 N–H and O–H groups in total. The summed E-state index contributed by atoms with van der Waals surface area (Å²) >= 11 is 0. The van der Waals surface area contributed by atoms with Crippen LogP contribution in [0.5, 0.6) is 28.9 Å². The van der Waals surface area contributed by atoms with E-state index in [0.29, 0.717) is 23.0 Å². The largest absolute Gasteiger partial charge is 0.493 e.